The van der Waals surface area contributed by atoms with Crippen molar-refractivity contribution in [3.8, 4) is 11.5 Å². The van der Waals surface area contributed by atoms with Gasteiger partial charge in [-0.1, -0.05) is 25.0 Å². The Balaban J connectivity index is 1.72. The van der Waals surface area contributed by atoms with Gasteiger partial charge in [-0.25, -0.2) is 8.42 Å². The van der Waals surface area contributed by atoms with Gasteiger partial charge in [0.15, 0.2) is 17.3 Å². The number of hydrogen-bond acceptors (Lipinski definition) is 5. The summed E-state index contributed by atoms with van der Waals surface area (Å²) in [6.45, 7) is 3.51. The van der Waals surface area contributed by atoms with Crippen molar-refractivity contribution in [2.75, 3.05) is 26.8 Å². The summed E-state index contributed by atoms with van der Waals surface area (Å²) in [6, 6.07) is 11.6. The van der Waals surface area contributed by atoms with E-state index in [0.29, 0.717) is 36.8 Å². The van der Waals surface area contributed by atoms with Crippen LogP contribution in [0, 0.1) is 0 Å². The van der Waals surface area contributed by atoms with Crippen LogP contribution in [0.25, 0.3) is 6.08 Å². The molecule has 3 rings (SSSR count). The first-order valence-corrected chi connectivity index (χ1v) is 12.0. The van der Waals surface area contributed by atoms with Crippen LogP contribution in [0.15, 0.2) is 53.4 Å². The van der Waals surface area contributed by atoms with Gasteiger partial charge in [-0.3, -0.25) is 4.79 Å². The van der Waals surface area contributed by atoms with Crippen LogP contribution in [0.5, 0.6) is 11.5 Å². The van der Waals surface area contributed by atoms with E-state index in [4.69, 9.17) is 9.47 Å². The van der Waals surface area contributed by atoms with Crippen LogP contribution >= 0.6 is 0 Å². The van der Waals surface area contributed by atoms with Crippen molar-refractivity contribution in [2.24, 2.45) is 0 Å². The quantitative estimate of drug-likeness (QED) is 0.442. The number of nitrogens with zero attached hydrogens (tertiary/aromatic N) is 1. The van der Waals surface area contributed by atoms with Crippen LogP contribution in [0.2, 0.25) is 0 Å². The predicted molar refractivity (Wildman–Crippen MR) is 121 cm³/mol. The zero-order valence-corrected chi connectivity index (χ0v) is 18.9. The fourth-order valence-electron chi connectivity index (χ4n) is 3.56. The number of benzene rings is 2. The van der Waals surface area contributed by atoms with Crippen molar-refractivity contribution in [1.82, 2.24) is 4.31 Å². The number of carbonyl (C=O) groups excluding carboxylic acids is 1. The smallest absolute Gasteiger partial charge is 0.243 e. The van der Waals surface area contributed by atoms with Crippen molar-refractivity contribution in [1.29, 1.82) is 0 Å². The molecule has 31 heavy (non-hydrogen) atoms. The van der Waals surface area contributed by atoms with Crippen molar-refractivity contribution < 1.29 is 22.7 Å². The Labute approximate surface area is 184 Å². The molecular weight excluding hydrogens is 414 g/mol. The topological polar surface area (TPSA) is 72.9 Å². The monoisotopic (exact) mass is 443 g/mol. The summed E-state index contributed by atoms with van der Waals surface area (Å²) in [5.74, 6) is 1.04. The largest absolute Gasteiger partial charge is 0.493 e. The summed E-state index contributed by atoms with van der Waals surface area (Å²) < 4.78 is 38.1. The molecule has 166 valence electrons. The summed E-state index contributed by atoms with van der Waals surface area (Å²) in [7, 11) is -1.94. The first kappa shape index (κ1) is 23.0. The van der Waals surface area contributed by atoms with Gasteiger partial charge in [-0.2, -0.15) is 4.31 Å². The lowest BCUT2D eigenvalue weighted by Crippen LogP contribution is -2.31. The first-order chi connectivity index (χ1) is 15.0. The Bertz CT molecular complexity index is 1020. The maximum Gasteiger partial charge on any atom is 0.243 e. The van der Waals surface area contributed by atoms with Crippen LogP contribution < -0.4 is 9.47 Å². The average Bonchev–Trinajstić information content (AvgIpc) is 3.08. The zero-order valence-electron chi connectivity index (χ0n) is 18.0. The molecule has 0 bridgehead atoms. The van der Waals surface area contributed by atoms with Crippen LogP contribution in [0.3, 0.4) is 0 Å². The van der Waals surface area contributed by atoms with Crippen LogP contribution in [-0.2, 0) is 10.0 Å². The molecule has 0 saturated carbocycles. The molecule has 1 heterocycles. The summed E-state index contributed by atoms with van der Waals surface area (Å²) in [4.78, 5) is 12.8. The van der Waals surface area contributed by atoms with Gasteiger partial charge in [0.1, 0.15) is 0 Å². The summed E-state index contributed by atoms with van der Waals surface area (Å²) in [5, 5.41) is 0. The molecule has 7 heteroatoms. The van der Waals surface area contributed by atoms with Crippen molar-refractivity contribution >= 4 is 21.9 Å². The fraction of sp³-hybridized carbons (Fsp3) is 0.375. The predicted octanol–water partition coefficient (Wildman–Crippen LogP) is 4.55. The molecule has 1 saturated heterocycles. The van der Waals surface area contributed by atoms with Crippen LogP contribution in [-0.4, -0.2) is 45.3 Å². The lowest BCUT2D eigenvalue weighted by Gasteiger charge is -2.19. The van der Waals surface area contributed by atoms with Gasteiger partial charge in [0.2, 0.25) is 10.0 Å². The van der Waals surface area contributed by atoms with Crippen molar-refractivity contribution in [2.45, 2.75) is 37.5 Å². The summed E-state index contributed by atoms with van der Waals surface area (Å²) in [5.41, 5.74) is 1.24. The van der Waals surface area contributed by atoms with E-state index >= 15 is 0 Å². The molecule has 0 N–H and O–H groups in total. The van der Waals surface area contributed by atoms with Crippen molar-refractivity contribution in [3.63, 3.8) is 0 Å². The standard InChI is InChI=1S/C24H29NO5S/c1-3-30-24-18-19(9-15-23(24)29-2)8-14-22(26)20-10-12-21(13-11-20)31(27,28)25-16-6-4-5-7-17-25/h8-15,18H,3-7,16-17H2,1-2H3. The highest BCUT2D eigenvalue weighted by Gasteiger charge is 2.25. The molecular formula is C24H29NO5S. The Morgan fingerprint density at radius 2 is 1.68 bits per heavy atom. The number of methoxy groups -OCH3 is 1. The highest BCUT2D eigenvalue weighted by atomic mass is 32.2. The highest BCUT2D eigenvalue weighted by Crippen LogP contribution is 2.28. The molecule has 6 nitrogen and oxygen atoms in total. The number of ether oxygens (including phenoxy) is 2. The molecule has 0 amide bonds. The average molecular weight is 444 g/mol. The third kappa shape index (κ3) is 5.74. The minimum Gasteiger partial charge on any atom is -0.493 e. The van der Waals surface area contributed by atoms with Gasteiger partial charge in [-0.05, 0) is 67.8 Å². The zero-order chi connectivity index (χ0) is 22.3. The van der Waals surface area contributed by atoms with Gasteiger partial charge in [0, 0.05) is 18.7 Å². The molecule has 1 aliphatic heterocycles. The summed E-state index contributed by atoms with van der Waals surface area (Å²) in [6.07, 6.45) is 7.06. The molecule has 0 spiro atoms. The van der Waals surface area contributed by atoms with Gasteiger partial charge in [0.05, 0.1) is 18.6 Å². The molecule has 0 radical (unpaired) electrons. The number of sulfonamides is 1. The minimum absolute atomic E-state index is 0.201. The number of allylic oxidation sites excluding steroid dienone is 1. The Kier molecular flexibility index (Phi) is 7.87. The molecule has 1 fully saturated rings. The number of ketones is 1. The Hall–Kier alpha value is -2.64. The first-order valence-electron chi connectivity index (χ1n) is 10.6. The molecule has 0 aliphatic carbocycles. The molecule has 2 aromatic rings. The van der Waals surface area contributed by atoms with Crippen LogP contribution in [0.4, 0.5) is 0 Å². The number of carbonyl (C=O) groups is 1. The van der Waals surface area contributed by atoms with E-state index in [1.807, 2.05) is 19.1 Å². The van der Waals surface area contributed by atoms with E-state index in [9.17, 15) is 13.2 Å². The second-order valence-corrected chi connectivity index (χ2v) is 9.32. The molecule has 0 unspecified atom stereocenters. The second-order valence-electron chi connectivity index (χ2n) is 7.38. The maximum atomic E-state index is 12.9. The maximum absolute atomic E-state index is 12.9. The normalized spacial score (nSPS) is 15.5. The van der Waals surface area contributed by atoms with Gasteiger partial charge < -0.3 is 9.47 Å². The highest BCUT2D eigenvalue weighted by molar-refractivity contribution is 7.89. The third-order valence-corrected chi connectivity index (χ3v) is 7.17. The van der Waals surface area contributed by atoms with E-state index in [-0.39, 0.29) is 10.7 Å². The lowest BCUT2D eigenvalue weighted by atomic mass is 10.1. The lowest BCUT2D eigenvalue weighted by molar-refractivity contribution is 0.104. The van der Waals surface area contributed by atoms with Crippen LogP contribution in [0.1, 0.15) is 48.5 Å². The number of rotatable bonds is 8. The molecule has 0 aromatic heterocycles. The Morgan fingerprint density at radius 3 is 2.29 bits per heavy atom. The Morgan fingerprint density at radius 1 is 1.00 bits per heavy atom. The third-order valence-electron chi connectivity index (χ3n) is 5.26. The molecule has 0 atom stereocenters. The molecule has 1 aliphatic rings. The fourth-order valence-corrected chi connectivity index (χ4v) is 5.07. The van der Waals surface area contributed by atoms with E-state index in [1.54, 1.807) is 35.7 Å². The SMILES string of the molecule is CCOc1cc(C=CC(=O)c2ccc(S(=O)(=O)N3CCCCCC3)cc2)ccc1OC. The van der Waals surface area contributed by atoms with E-state index in [0.717, 1.165) is 31.2 Å². The van der Waals surface area contributed by atoms with Gasteiger partial charge in [-0.15, -0.1) is 0 Å². The second kappa shape index (κ2) is 10.6. The van der Waals surface area contributed by atoms with Gasteiger partial charge >= 0.3 is 0 Å². The van der Waals surface area contributed by atoms with Crippen molar-refractivity contribution in [3.05, 3.63) is 59.7 Å². The molecule has 2 aromatic carbocycles. The van der Waals surface area contributed by atoms with E-state index in [1.165, 1.54) is 18.2 Å². The van der Waals surface area contributed by atoms with E-state index < -0.39 is 10.0 Å². The van der Waals surface area contributed by atoms with E-state index in [2.05, 4.69) is 0 Å². The van der Waals surface area contributed by atoms with Gasteiger partial charge in [0.25, 0.3) is 0 Å². The number of hydrogen-bond donors (Lipinski definition) is 0. The minimum atomic E-state index is -3.52. The summed E-state index contributed by atoms with van der Waals surface area (Å²) >= 11 is 0.